The van der Waals surface area contributed by atoms with Crippen LogP contribution in [0.15, 0.2) is 18.2 Å². The molecule has 1 saturated heterocycles. The summed E-state index contributed by atoms with van der Waals surface area (Å²) in [5, 5.41) is 0.138. The molecule has 3 nitrogen and oxygen atoms in total. The first-order chi connectivity index (χ1) is 9.11. The monoisotopic (exact) mass is 285 g/mol. The molecule has 5 heteroatoms. The van der Waals surface area contributed by atoms with Crippen molar-refractivity contribution in [3.63, 3.8) is 0 Å². The molecule has 104 valence electrons. The number of carbonyl (C=O) groups excluding carboxylic acids is 1. The van der Waals surface area contributed by atoms with Crippen LogP contribution in [-0.2, 0) is 16.1 Å². The molecule has 1 fully saturated rings. The van der Waals surface area contributed by atoms with Gasteiger partial charge in [-0.3, -0.25) is 9.69 Å². The molecular formula is C14H17ClFNO2. The molecule has 1 aromatic rings. The number of hydrogen-bond acceptors (Lipinski definition) is 3. The van der Waals surface area contributed by atoms with Crippen molar-refractivity contribution < 1.29 is 13.9 Å². The van der Waals surface area contributed by atoms with E-state index in [2.05, 4.69) is 4.90 Å². The molecule has 0 amide bonds. The zero-order chi connectivity index (χ0) is 13.8. The van der Waals surface area contributed by atoms with Gasteiger partial charge >= 0.3 is 5.97 Å². The zero-order valence-electron chi connectivity index (χ0n) is 10.9. The van der Waals surface area contributed by atoms with E-state index in [-0.39, 0.29) is 22.7 Å². The molecule has 1 aliphatic heterocycles. The molecule has 0 aromatic heterocycles. The van der Waals surface area contributed by atoms with Gasteiger partial charge in [0.05, 0.1) is 18.1 Å². The van der Waals surface area contributed by atoms with Gasteiger partial charge in [0, 0.05) is 18.7 Å². The molecule has 1 atom stereocenters. The number of carbonyl (C=O) groups is 1. The Bertz CT molecular complexity index is 467. The van der Waals surface area contributed by atoms with Gasteiger partial charge in [0.1, 0.15) is 5.82 Å². The van der Waals surface area contributed by atoms with Crippen molar-refractivity contribution in [2.75, 3.05) is 20.2 Å². The van der Waals surface area contributed by atoms with Crippen LogP contribution in [0.5, 0.6) is 0 Å². The Kier molecular flexibility index (Phi) is 4.77. The van der Waals surface area contributed by atoms with E-state index in [4.69, 9.17) is 16.3 Å². The number of hydrogen-bond donors (Lipinski definition) is 0. The van der Waals surface area contributed by atoms with Crippen molar-refractivity contribution in [1.82, 2.24) is 4.90 Å². The Morgan fingerprint density at radius 3 is 3.11 bits per heavy atom. The Morgan fingerprint density at radius 2 is 2.37 bits per heavy atom. The van der Waals surface area contributed by atoms with Gasteiger partial charge in [-0.05, 0) is 25.5 Å². The largest absolute Gasteiger partial charge is 0.469 e. The van der Waals surface area contributed by atoms with Gasteiger partial charge in [-0.2, -0.15) is 0 Å². The first-order valence-corrected chi connectivity index (χ1v) is 6.72. The summed E-state index contributed by atoms with van der Waals surface area (Å²) in [7, 11) is 1.40. The van der Waals surface area contributed by atoms with Crippen molar-refractivity contribution in [2.24, 2.45) is 5.92 Å². The number of nitrogens with zero attached hydrogens (tertiary/aromatic N) is 1. The topological polar surface area (TPSA) is 29.5 Å². The number of halogens is 2. The molecule has 0 saturated carbocycles. The summed E-state index contributed by atoms with van der Waals surface area (Å²) in [6.07, 6.45) is 1.75. The van der Waals surface area contributed by atoms with E-state index in [0.29, 0.717) is 18.7 Å². The van der Waals surface area contributed by atoms with Crippen LogP contribution in [-0.4, -0.2) is 31.1 Å². The van der Waals surface area contributed by atoms with Crippen LogP contribution >= 0.6 is 11.6 Å². The summed E-state index contributed by atoms with van der Waals surface area (Å²) >= 11 is 5.77. The molecule has 1 aliphatic rings. The van der Waals surface area contributed by atoms with Gasteiger partial charge in [-0.15, -0.1) is 0 Å². The molecule has 2 rings (SSSR count). The van der Waals surface area contributed by atoms with Crippen molar-refractivity contribution in [2.45, 2.75) is 19.4 Å². The maximum atomic E-state index is 13.8. The first-order valence-electron chi connectivity index (χ1n) is 6.35. The van der Waals surface area contributed by atoms with Crippen LogP contribution in [0.25, 0.3) is 0 Å². The van der Waals surface area contributed by atoms with Crippen molar-refractivity contribution in [3.05, 3.63) is 34.6 Å². The second-order valence-electron chi connectivity index (χ2n) is 4.81. The number of ether oxygens (including phenoxy) is 1. The van der Waals surface area contributed by atoms with Crippen LogP contribution in [0.4, 0.5) is 4.39 Å². The number of rotatable bonds is 3. The molecule has 19 heavy (non-hydrogen) atoms. The van der Waals surface area contributed by atoms with Crippen LogP contribution in [0.3, 0.4) is 0 Å². The van der Waals surface area contributed by atoms with E-state index >= 15 is 0 Å². The molecule has 0 unspecified atom stereocenters. The molecule has 0 spiro atoms. The summed E-state index contributed by atoms with van der Waals surface area (Å²) in [6.45, 7) is 1.94. The van der Waals surface area contributed by atoms with Gasteiger partial charge in [-0.1, -0.05) is 23.7 Å². The molecular weight excluding hydrogens is 269 g/mol. The third-order valence-electron chi connectivity index (χ3n) is 3.47. The van der Waals surface area contributed by atoms with E-state index in [0.717, 1.165) is 19.4 Å². The van der Waals surface area contributed by atoms with Gasteiger partial charge in [0.2, 0.25) is 0 Å². The minimum atomic E-state index is -0.371. The Morgan fingerprint density at radius 1 is 1.58 bits per heavy atom. The van der Waals surface area contributed by atoms with E-state index in [1.54, 1.807) is 12.1 Å². The molecule has 0 N–H and O–H groups in total. The van der Waals surface area contributed by atoms with E-state index in [1.807, 2.05) is 0 Å². The number of benzene rings is 1. The van der Waals surface area contributed by atoms with E-state index < -0.39 is 0 Å². The molecule has 0 aliphatic carbocycles. The van der Waals surface area contributed by atoms with Crippen LogP contribution in [0.2, 0.25) is 5.02 Å². The van der Waals surface area contributed by atoms with E-state index in [9.17, 15) is 9.18 Å². The fourth-order valence-electron chi connectivity index (χ4n) is 2.47. The maximum Gasteiger partial charge on any atom is 0.309 e. The highest BCUT2D eigenvalue weighted by Crippen LogP contribution is 2.23. The Balaban J connectivity index is 2.03. The molecule has 1 heterocycles. The normalized spacial score (nSPS) is 20.3. The lowest BCUT2D eigenvalue weighted by Gasteiger charge is -2.31. The quantitative estimate of drug-likeness (QED) is 0.800. The molecule has 0 radical (unpaired) electrons. The van der Waals surface area contributed by atoms with Gasteiger partial charge in [-0.25, -0.2) is 4.39 Å². The lowest BCUT2D eigenvalue weighted by Crippen LogP contribution is -2.38. The summed E-state index contributed by atoms with van der Waals surface area (Å²) in [5.74, 6) is -0.665. The summed E-state index contributed by atoms with van der Waals surface area (Å²) < 4.78 is 18.6. The van der Waals surface area contributed by atoms with Gasteiger partial charge in [0.15, 0.2) is 0 Å². The second kappa shape index (κ2) is 6.35. The third-order valence-corrected chi connectivity index (χ3v) is 3.76. The number of likely N-dealkylation sites (tertiary alicyclic amines) is 1. The predicted octanol–water partition coefficient (Wildman–Crippen LogP) is 2.86. The fraction of sp³-hybridized carbons (Fsp3) is 0.500. The Hall–Kier alpha value is -1.13. The highest BCUT2D eigenvalue weighted by atomic mass is 35.5. The lowest BCUT2D eigenvalue weighted by atomic mass is 9.98. The minimum absolute atomic E-state index is 0.110. The smallest absolute Gasteiger partial charge is 0.309 e. The number of piperidine rings is 1. The minimum Gasteiger partial charge on any atom is -0.469 e. The summed E-state index contributed by atoms with van der Waals surface area (Å²) in [6, 6.07) is 5.00. The SMILES string of the molecule is COC(=O)[C@H]1CCCN(Cc2cccc(Cl)c2F)C1. The highest BCUT2D eigenvalue weighted by molar-refractivity contribution is 6.30. The number of esters is 1. The van der Waals surface area contributed by atoms with Crippen LogP contribution in [0, 0.1) is 11.7 Å². The van der Waals surface area contributed by atoms with Crippen molar-refractivity contribution >= 4 is 17.6 Å². The average Bonchev–Trinajstić information content (AvgIpc) is 2.43. The predicted molar refractivity (Wildman–Crippen MR) is 71.4 cm³/mol. The lowest BCUT2D eigenvalue weighted by molar-refractivity contribution is -0.147. The molecule has 0 bridgehead atoms. The van der Waals surface area contributed by atoms with Crippen molar-refractivity contribution in [3.8, 4) is 0 Å². The zero-order valence-corrected chi connectivity index (χ0v) is 11.6. The summed E-state index contributed by atoms with van der Waals surface area (Å²) in [5.41, 5.74) is 0.568. The number of methoxy groups -OCH3 is 1. The Labute approximate surface area is 117 Å². The maximum absolute atomic E-state index is 13.8. The van der Waals surface area contributed by atoms with Gasteiger partial charge in [0.25, 0.3) is 0 Å². The van der Waals surface area contributed by atoms with Crippen molar-refractivity contribution in [1.29, 1.82) is 0 Å². The fourth-order valence-corrected chi connectivity index (χ4v) is 2.66. The molecule has 1 aromatic carbocycles. The average molecular weight is 286 g/mol. The standard InChI is InChI=1S/C14H17ClFNO2/c1-19-14(18)11-5-3-7-17(9-11)8-10-4-2-6-12(15)13(10)16/h2,4,6,11H,3,5,7-9H2,1H3/t11-/m0/s1. The second-order valence-corrected chi connectivity index (χ2v) is 5.22. The van der Waals surface area contributed by atoms with Crippen LogP contribution < -0.4 is 0 Å². The summed E-state index contributed by atoms with van der Waals surface area (Å²) in [4.78, 5) is 13.6. The highest BCUT2D eigenvalue weighted by Gasteiger charge is 2.26. The first kappa shape index (κ1) is 14.3. The third kappa shape index (κ3) is 3.45. The van der Waals surface area contributed by atoms with Crippen LogP contribution in [0.1, 0.15) is 18.4 Å². The van der Waals surface area contributed by atoms with E-state index in [1.165, 1.54) is 13.2 Å². The van der Waals surface area contributed by atoms with Gasteiger partial charge < -0.3 is 4.74 Å².